The molecule has 0 atom stereocenters. The Morgan fingerprint density at radius 2 is 1.67 bits per heavy atom. The summed E-state index contributed by atoms with van der Waals surface area (Å²) in [5, 5.41) is 12.3. The van der Waals surface area contributed by atoms with Crippen molar-refractivity contribution in [2.45, 2.75) is 32.8 Å². The highest BCUT2D eigenvalue weighted by Gasteiger charge is 2.35. The number of nitrogens with one attached hydrogen (secondary N) is 1. The van der Waals surface area contributed by atoms with Gasteiger partial charge < -0.3 is 34.8 Å². The standard InChI is InChI=1S/C37H40F4N8O5/c1-2-23-17-25(44-32-33-43-18-28(49(33)12-9-42-32)27-5-6-29(54-36(40)41)31(39)30(27)38)3-4-26(23)35(51)47-15-13-46(14-16-47)34(50)24-7-10-45(11-8-24)19-22-20-48(21-22)37(52)53/h3-6,9,12,17-18,22,24,36H,2,7-8,10-11,13-16,19-21H2,1H3,(H,42,44)(H,52,53). The van der Waals surface area contributed by atoms with E-state index in [9.17, 15) is 31.9 Å². The summed E-state index contributed by atoms with van der Waals surface area (Å²) in [5.41, 5.74) is 2.22. The molecule has 0 aliphatic carbocycles. The SMILES string of the molecule is CCc1cc(Nc2nccn3c(-c4ccc(OC(F)F)c(F)c4F)cnc23)ccc1C(=O)N1CCN(C(=O)C2CCN(CC3CN(C(=O)O)C3)CC2)CC1. The second kappa shape index (κ2) is 15.5. The number of rotatable bonds is 10. The quantitative estimate of drug-likeness (QED) is 0.210. The van der Waals surface area contributed by atoms with Crippen LogP contribution in [0.4, 0.5) is 33.9 Å². The van der Waals surface area contributed by atoms with E-state index in [0.717, 1.165) is 50.2 Å². The molecule has 7 rings (SSSR count). The Kier molecular flexibility index (Phi) is 10.6. The highest BCUT2D eigenvalue weighted by atomic mass is 19.3. The van der Waals surface area contributed by atoms with Gasteiger partial charge >= 0.3 is 12.7 Å². The van der Waals surface area contributed by atoms with E-state index in [-0.39, 0.29) is 29.0 Å². The number of amides is 3. The number of alkyl halides is 2. The first-order valence-electron chi connectivity index (χ1n) is 17.9. The number of imidazole rings is 1. The summed E-state index contributed by atoms with van der Waals surface area (Å²) in [6.07, 6.45) is 5.51. The molecule has 0 bridgehead atoms. The molecule has 2 aromatic carbocycles. The third-order valence-electron chi connectivity index (χ3n) is 10.5. The third-order valence-corrected chi connectivity index (χ3v) is 10.5. The number of fused-ring (bicyclic) bond motifs is 1. The van der Waals surface area contributed by atoms with Crippen molar-refractivity contribution >= 4 is 35.1 Å². The summed E-state index contributed by atoms with van der Waals surface area (Å²) in [6.45, 7) is 4.04. The van der Waals surface area contributed by atoms with Gasteiger partial charge in [0.2, 0.25) is 11.7 Å². The van der Waals surface area contributed by atoms with Gasteiger partial charge in [0.15, 0.2) is 23.0 Å². The fraction of sp³-hybridized carbons (Fsp3) is 0.432. The predicted molar refractivity (Wildman–Crippen MR) is 189 cm³/mol. The maximum atomic E-state index is 14.9. The number of aryl methyl sites for hydroxylation is 1. The summed E-state index contributed by atoms with van der Waals surface area (Å²) in [4.78, 5) is 54.2. The molecule has 5 heterocycles. The molecule has 2 aromatic heterocycles. The van der Waals surface area contributed by atoms with Gasteiger partial charge in [0.1, 0.15) is 0 Å². The fourth-order valence-electron chi connectivity index (χ4n) is 7.56. The van der Waals surface area contributed by atoms with Crippen LogP contribution in [0.3, 0.4) is 0 Å². The third kappa shape index (κ3) is 7.49. The van der Waals surface area contributed by atoms with Crippen LogP contribution in [0, 0.1) is 23.5 Å². The van der Waals surface area contributed by atoms with E-state index in [4.69, 9.17) is 5.11 Å². The second-order valence-electron chi connectivity index (χ2n) is 13.8. The summed E-state index contributed by atoms with van der Waals surface area (Å²) in [6, 6.07) is 7.40. The van der Waals surface area contributed by atoms with E-state index in [1.807, 2.05) is 17.9 Å². The van der Waals surface area contributed by atoms with E-state index >= 15 is 0 Å². The first-order valence-corrected chi connectivity index (χ1v) is 17.9. The average Bonchev–Trinajstić information content (AvgIpc) is 3.59. The number of piperidine rings is 1. The maximum absolute atomic E-state index is 14.9. The summed E-state index contributed by atoms with van der Waals surface area (Å²) in [5.74, 6) is -3.19. The van der Waals surface area contributed by atoms with Gasteiger partial charge in [-0.2, -0.15) is 13.2 Å². The topological polar surface area (TPSA) is 136 Å². The molecular formula is C37H40F4N8O5. The molecule has 17 heteroatoms. The number of halogens is 4. The van der Waals surface area contributed by atoms with Gasteiger partial charge in [0.05, 0.1) is 11.9 Å². The summed E-state index contributed by atoms with van der Waals surface area (Å²) in [7, 11) is 0. The van der Waals surface area contributed by atoms with Crippen molar-refractivity contribution in [1.29, 1.82) is 0 Å². The molecule has 2 N–H and O–H groups in total. The molecule has 0 radical (unpaired) electrons. The summed E-state index contributed by atoms with van der Waals surface area (Å²) >= 11 is 0. The molecule has 4 aromatic rings. The average molecular weight is 753 g/mol. The Bertz CT molecular complexity index is 2040. The van der Waals surface area contributed by atoms with Crippen LogP contribution in [0.1, 0.15) is 35.7 Å². The van der Waals surface area contributed by atoms with E-state index in [2.05, 4.69) is 24.9 Å². The van der Waals surface area contributed by atoms with Crippen LogP contribution in [0.15, 0.2) is 48.9 Å². The lowest BCUT2D eigenvalue weighted by Crippen LogP contribution is -2.55. The minimum Gasteiger partial charge on any atom is -0.465 e. The normalized spacial score (nSPS) is 17.3. The van der Waals surface area contributed by atoms with Gasteiger partial charge in [-0.25, -0.2) is 19.2 Å². The zero-order valence-electron chi connectivity index (χ0n) is 29.6. The van der Waals surface area contributed by atoms with Crippen molar-refractivity contribution in [3.63, 3.8) is 0 Å². The van der Waals surface area contributed by atoms with E-state index in [0.29, 0.717) is 74.3 Å². The second-order valence-corrected chi connectivity index (χ2v) is 13.8. The highest BCUT2D eigenvalue weighted by molar-refractivity contribution is 5.96. The molecule has 286 valence electrons. The Hall–Kier alpha value is -5.45. The number of carboxylic acid groups (broad SMARTS) is 1. The number of aromatic nitrogens is 3. The molecule has 54 heavy (non-hydrogen) atoms. The smallest absolute Gasteiger partial charge is 0.407 e. The molecule has 3 aliphatic heterocycles. The first kappa shape index (κ1) is 36.9. The van der Waals surface area contributed by atoms with E-state index in [1.165, 1.54) is 27.9 Å². The maximum Gasteiger partial charge on any atom is 0.407 e. The van der Waals surface area contributed by atoms with Crippen LogP contribution in [-0.4, -0.2) is 122 Å². The zero-order valence-corrected chi connectivity index (χ0v) is 29.6. The zero-order chi connectivity index (χ0) is 38.1. The van der Waals surface area contributed by atoms with Crippen LogP contribution in [-0.2, 0) is 11.2 Å². The number of ether oxygens (including phenoxy) is 1. The number of anilines is 2. The van der Waals surface area contributed by atoms with E-state index in [1.54, 1.807) is 17.0 Å². The van der Waals surface area contributed by atoms with Gasteiger partial charge in [-0.1, -0.05) is 6.92 Å². The van der Waals surface area contributed by atoms with Crippen molar-refractivity contribution in [3.8, 4) is 17.0 Å². The molecule has 0 spiro atoms. The first-order chi connectivity index (χ1) is 26.0. The molecule has 3 fully saturated rings. The van der Waals surface area contributed by atoms with Gasteiger partial charge in [-0.05, 0) is 68.2 Å². The van der Waals surface area contributed by atoms with Gasteiger partial charge in [0, 0.05) is 86.9 Å². The van der Waals surface area contributed by atoms with Gasteiger partial charge in [-0.3, -0.25) is 14.0 Å². The Balaban J connectivity index is 0.954. The highest BCUT2D eigenvalue weighted by Crippen LogP contribution is 2.33. The molecule has 3 amide bonds. The molecule has 0 unspecified atom stereocenters. The number of carbonyl (C=O) groups is 3. The Morgan fingerprint density at radius 3 is 2.35 bits per heavy atom. The van der Waals surface area contributed by atoms with E-state index < -0.39 is 30.1 Å². The van der Waals surface area contributed by atoms with Crippen molar-refractivity contribution in [2.24, 2.45) is 11.8 Å². The van der Waals surface area contributed by atoms with Crippen LogP contribution in [0.2, 0.25) is 0 Å². The number of hydrogen-bond donors (Lipinski definition) is 2. The fourth-order valence-corrected chi connectivity index (χ4v) is 7.56. The molecule has 13 nitrogen and oxygen atoms in total. The van der Waals surface area contributed by atoms with Crippen LogP contribution in [0.5, 0.6) is 5.75 Å². The number of piperazine rings is 1. The molecular weight excluding hydrogens is 712 g/mol. The minimum atomic E-state index is -3.31. The van der Waals surface area contributed by atoms with Crippen molar-refractivity contribution < 1.29 is 41.8 Å². The predicted octanol–water partition coefficient (Wildman–Crippen LogP) is 5.19. The minimum absolute atomic E-state index is 0.0491. The van der Waals surface area contributed by atoms with Gasteiger partial charge in [-0.15, -0.1) is 0 Å². The number of hydrogen-bond acceptors (Lipinski definition) is 8. The lowest BCUT2D eigenvalue weighted by atomic mass is 9.93. The van der Waals surface area contributed by atoms with Crippen LogP contribution >= 0.6 is 0 Å². The number of likely N-dealkylation sites (tertiary alicyclic amines) is 2. The van der Waals surface area contributed by atoms with Crippen molar-refractivity contribution in [1.82, 2.24) is 34.0 Å². The Morgan fingerprint density at radius 1 is 0.944 bits per heavy atom. The monoisotopic (exact) mass is 752 g/mol. The lowest BCUT2D eigenvalue weighted by molar-refractivity contribution is -0.138. The van der Waals surface area contributed by atoms with Crippen LogP contribution < -0.4 is 10.1 Å². The largest absolute Gasteiger partial charge is 0.465 e. The van der Waals surface area contributed by atoms with Crippen molar-refractivity contribution in [2.75, 3.05) is 64.2 Å². The number of benzene rings is 2. The summed E-state index contributed by atoms with van der Waals surface area (Å²) < 4.78 is 60.2. The van der Waals surface area contributed by atoms with Gasteiger partial charge in [0.25, 0.3) is 5.91 Å². The molecule has 0 saturated carbocycles. The molecule has 3 aliphatic rings. The molecule has 3 saturated heterocycles. The lowest BCUT2D eigenvalue weighted by Gasteiger charge is -2.42. The Labute approximate surface area is 308 Å². The number of nitrogens with zero attached hydrogens (tertiary/aromatic N) is 7. The number of carbonyl (C=O) groups excluding carboxylic acids is 2. The van der Waals surface area contributed by atoms with Crippen LogP contribution in [0.25, 0.3) is 16.9 Å². The van der Waals surface area contributed by atoms with Crippen molar-refractivity contribution in [3.05, 3.63) is 71.7 Å².